The molecule has 9 heteroatoms. The van der Waals surface area contributed by atoms with Crippen LogP contribution in [0.5, 0.6) is 5.75 Å². The number of aryl methyl sites for hydroxylation is 1. The van der Waals surface area contributed by atoms with Crippen LogP contribution in [0.4, 0.5) is 0 Å². The summed E-state index contributed by atoms with van der Waals surface area (Å²) in [6.07, 6.45) is 1.63. The molecule has 0 aliphatic carbocycles. The summed E-state index contributed by atoms with van der Waals surface area (Å²) in [5, 5.41) is 3.16. The average Bonchev–Trinajstić information content (AvgIpc) is 2.78. The number of halogens is 1. The van der Waals surface area contributed by atoms with Crippen molar-refractivity contribution in [3.8, 4) is 5.75 Å². The van der Waals surface area contributed by atoms with Crippen molar-refractivity contribution in [1.82, 2.24) is 9.62 Å². The van der Waals surface area contributed by atoms with Crippen LogP contribution in [-0.2, 0) is 26.0 Å². The molecule has 31 heavy (non-hydrogen) atoms. The highest BCUT2D eigenvalue weighted by Gasteiger charge is 2.29. The zero-order chi connectivity index (χ0) is 22.3. The lowest BCUT2D eigenvalue weighted by Gasteiger charge is -2.26. The van der Waals surface area contributed by atoms with Crippen LogP contribution < -0.4 is 10.1 Å². The Morgan fingerprint density at radius 2 is 1.90 bits per heavy atom. The number of hydrogen-bond acceptors (Lipinski definition) is 5. The number of nitrogens with one attached hydrogen (secondary N) is 1. The first-order valence-corrected chi connectivity index (χ1v) is 12.0. The van der Waals surface area contributed by atoms with E-state index in [1.807, 2.05) is 25.1 Å². The molecule has 1 amide bonds. The predicted octanol–water partition coefficient (Wildman–Crippen LogP) is 2.88. The standard InChI is InChI=1S/C22H27ClN2O5S/c1-17(7-8-18-5-3-2-4-6-18)24-22(26)16-30-20-10-9-19(23)15-21(20)31(27,28)25-11-13-29-14-12-25/h2-6,9-10,15,17H,7-8,11-14,16H2,1H3,(H,24,26)/t17-/m1/s1. The molecule has 2 aromatic rings. The van der Waals surface area contributed by atoms with E-state index in [9.17, 15) is 13.2 Å². The van der Waals surface area contributed by atoms with E-state index in [-0.39, 0.29) is 47.3 Å². The Morgan fingerprint density at radius 3 is 2.61 bits per heavy atom. The molecule has 0 saturated carbocycles. The van der Waals surface area contributed by atoms with Crippen LogP contribution in [0.2, 0.25) is 5.02 Å². The van der Waals surface area contributed by atoms with Crippen LogP contribution in [0, 0.1) is 0 Å². The molecule has 1 aliphatic rings. The van der Waals surface area contributed by atoms with E-state index in [0.717, 1.165) is 12.8 Å². The van der Waals surface area contributed by atoms with Crippen LogP contribution >= 0.6 is 11.6 Å². The summed E-state index contributed by atoms with van der Waals surface area (Å²) in [6, 6.07) is 14.4. The van der Waals surface area contributed by atoms with Crippen LogP contribution in [0.15, 0.2) is 53.4 Å². The van der Waals surface area contributed by atoms with E-state index in [2.05, 4.69) is 17.4 Å². The normalized spacial score (nSPS) is 15.9. The van der Waals surface area contributed by atoms with E-state index < -0.39 is 10.0 Å². The summed E-state index contributed by atoms with van der Waals surface area (Å²) >= 11 is 6.04. The molecular formula is C22H27ClN2O5S. The van der Waals surface area contributed by atoms with Gasteiger partial charge < -0.3 is 14.8 Å². The quantitative estimate of drug-likeness (QED) is 0.614. The molecule has 1 aliphatic heterocycles. The lowest BCUT2D eigenvalue weighted by atomic mass is 10.1. The molecular weight excluding hydrogens is 440 g/mol. The minimum Gasteiger partial charge on any atom is -0.482 e. The Kier molecular flexibility index (Phi) is 8.31. The fourth-order valence-corrected chi connectivity index (χ4v) is 5.09. The lowest BCUT2D eigenvalue weighted by Crippen LogP contribution is -2.41. The Hall–Kier alpha value is -2.13. The maximum atomic E-state index is 13.0. The van der Waals surface area contributed by atoms with Gasteiger partial charge in [-0.15, -0.1) is 0 Å². The molecule has 0 spiro atoms. The minimum atomic E-state index is -3.81. The maximum absolute atomic E-state index is 13.0. The lowest BCUT2D eigenvalue weighted by molar-refractivity contribution is -0.123. The molecule has 2 aromatic carbocycles. The molecule has 0 bridgehead atoms. The first kappa shape index (κ1) is 23.5. The average molecular weight is 467 g/mol. The van der Waals surface area contributed by atoms with Gasteiger partial charge >= 0.3 is 0 Å². The number of rotatable bonds is 9. The van der Waals surface area contributed by atoms with Crippen molar-refractivity contribution in [1.29, 1.82) is 0 Å². The Morgan fingerprint density at radius 1 is 1.19 bits per heavy atom. The molecule has 0 aromatic heterocycles. The molecule has 7 nitrogen and oxygen atoms in total. The number of ether oxygens (including phenoxy) is 2. The van der Waals surface area contributed by atoms with Gasteiger partial charge in [0.05, 0.1) is 13.2 Å². The van der Waals surface area contributed by atoms with Gasteiger partial charge in [0.2, 0.25) is 10.0 Å². The SMILES string of the molecule is C[C@H](CCc1ccccc1)NC(=O)COc1ccc(Cl)cc1S(=O)(=O)N1CCOCC1. The van der Waals surface area contributed by atoms with Gasteiger partial charge in [-0.2, -0.15) is 4.31 Å². The van der Waals surface area contributed by atoms with Crippen LogP contribution in [0.1, 0.15) is 18.9 Å². The topological polar surface area (TPSA) is 84.9 Å². The number of carbonyl (C=O) groups excluding carboxylic acids is 1. The highest BCUT2D eigenvalue weighted by molar-refractivity contribution is 7.89. The number of hydrogen-bond donors (Lipinski definition) is 1. The number of nitrogens with zero attached hydrogens (tertiary/aromatic N) is 1. The molecule has 1 saturated heterocycles. The summed E-state index contributed by atoms with van der Waals surface area (Å²) < 4.78 is 38.2. The molecule has 1 heterocycles. The second-order valence-corrected chi connectivity index (χ2v) is 9.73. The van der Waals surface area contributed by atoms with E-state index in [1.165, 1.54) is 28.1 Å². The van der Waals surface area contributed by atoms with Crippen molar-refractivity contribution < 1.29 is 22.7 Å². The first-order valence-electron chi connectivity index (χ1n) is 10.2. The van der Waals surface area contributed by atoms with Crippen molar-refractivity contribution in [2.75, 3.05) is 32.9 Å². The van der Waals surface area contributed by atoms with Crippen LogP contribution in [0.3, 0.4) is 0 Å². The van der Waals surface area contributed by atoms with Gasteiger partial charge in [-0.3, -0.25) is 4.79 Å². The van der Waals surface area contributed by atoms with Gasteiger partial charge in [0, 0.05) is 24.2 Å². The van der Waals surface area contributed by atoms with E-state index >= 15 is 0 Å². The zero-order valence-corrected chi connectivity index (χ0v) is 19.0. The molecule has 1 atom stereocenters. The number of benzene rings is 2. The molecule has 0 unspecified atom stereocenters. The summed E-state index contributed by atoms with van der Waals surface area (Å²) in [6.45, 7) is 2.82. The molecule has 0 radical (unpaired) electrons. The first-order chi connectivity index (χ1) is 14.9. The third kappa shape index (κ3) is 6.67. The van der Waals surface area contributed by atoms with E-state index in [0.29, 0.717) is 13.2 Å². The molecule has 3 rings (SSSR count). The third-order valence-electron chi connectivity index (χ3n) is 4.97. The second kappa shape index (κ2) is 10.9. The summed E-state index contributed by atoms with van der Waals surface area (Å²) in [5.41, 5.74) is 1.21. The number of carbonyl (C=O) groups is 1. The maximum Gasteiger partial charge on any atom is 0.258 e. The Bertz CT molecular complexity index is 979. The van der Waals surface area contributed by atoms with Crippen molar-refractivity contribution >= 4 is 27.5 Å². The highest BCUT2D eigenvalue weighted by Crippen LogP contribution is 2.30. The highest BCUT2D eigenvalue weighted by atomic mass is 35.5. The summed E-state index contributed by atoms with van der Waals surface area (Å²) in [4.78, 5) is 12.3. The van der Waals surface area contributed by atoms with Gasteiger partial charge in [0.1, 0.15) is 10.6 Å². The molecule has 1 fully saturated rings. The van der Waals surface area contributed by atoms with Gasteiger partial charge in [-0.25, -0.2) is 8.42 Å². The Labute approximate surface area is 188 Å². The van der Waals surface area contributed by atoms with Crippen molar-refractivity contribution in [2.45, 2.75) is 30.7 Å². The number of morpholine rings is 1. The fourth-order valence-electron chi connectivity index (χ4n) is 3.29. The Balaban J connectivity index is 1.59. The van der Waals surface area contributed by atoms with Crippen LogP contribution in [-0.4, -0.2) is 57.6 Å². The smallest absolute Gasteiger partial charge is 0.258 e. The molecule has 168 valence electrons. The largest absolute Gasteiger partial charge is 0.482 e. The van der Waals surface area contributed by atoms with Gasteiger partial charge in [-0.1, -0.05) is 41.9 Å². The summed E-state index contributed by atoms with van der Waals surface area (Å²) in [5.74, 6) is -0.215. The van der Waals surface area contributed by atoms with Gasteiger partial charge in [-0.05, 0) is 43.5 Å². The number of amides is 1. The van der Waals surface area contributed by atoms with Crippen molar-refractivity contribution in [2.24, 2.45) is 0 Å². The second-order valence-electron chi connectivity index (χ2n) is 7.39. The third-order valence-corrected chi connectivity index (χ3v) is 7.12. The summed E-state index contributed by atoms with van der Waals surface area (Å²) in [7, 11) is -3.81. The van der Waals surface area contributed by atoms with Gasteiger partial charge in [0.25, 0.3) is 5.91 Å². The minimum absolute atomic E-state index is 0.0434. The van der Waals surface area contributed by atoms with E-state index in [4.69, 9.17) is 21.1 Å². The van der Waals surface area contributed by atoms with Crippen LogP contribution in [0.25, 0.3) is 0 Å². The van der Waals surface area contributed by atoms with E-state index in [1.54, 1.807) is 0 Å². The predicted molar refractivity (Wildman–Crippen MR) is 119 cm³/mol. The van der Waals surface area contributed by atoms with Crippen molar-refractivity contribution in [3.63, 3.8) is 0 Å². The molecule has 1 N–H and O–H groups in total. The fraction of sp³-hybridized carbons (Fsp3) is 0.409. The number of sulfonamides is 1. The van der Waals surface area contributed by atoms with Crippen molar-refractivity contribution in [3.05, 3.63) is 59.1 Å². The van der Waals surface area contributed by atoms with Gasteiger partial charge in [0.15, 0.2) is 6.61 Å². The zero-order valence-electron chi connectivity index (χ0n) is 17.4. The monoisotopic (exact) mass is 466 g/mol.